The molecule has 0 bridgehead atoms. The van der Waals surface area contributed by atoms with Gasteiger partial charge in [-0.15, -0.1) is 0 Å². The van der Waals surface area contributed by atoms with Crippen molar-refractivity contribution in [2.24, 2.45) is 4.99 Å². The lowest BCUT2D eigenvalue weighted by Crippen LogP contribution is -2.22. The topological polar surface area (TPSA) is 50.7 Å². The van der Waals surface area contributed by atoms with Crippen molar-refractivity contribution in [3.63, 3.8) is 0 Å². The molecule has 1 aromatic rings. The molecule has 1 fully saturated rings. The number of nitrogens with one attached hydrogen (secondary N) is 1. The molecule has 2 rings (SSSR count). The monoisotopic (exact) mass is 250 g/mol. The molecule has 0 radical (unpaired) electrons. The van der Waals surface area contributed by atoms with Crippen LogP contribution in [0.3, 0.4) is 0 Å². The maximum Gasteiger partial charge on any atom is 0.244 e. The number of ether oxygens (including phenoxy) is 1. The summed E-state index contributed by atoms with van der Waals surface area (Å²) < 4.78 is 4.91. The average Bonchev–Trinajstić information content (AvgIpc) is 2.72. The number of hydrogen-bond donors (Lipinski definition) is 1. The van der Waals surface area contributed by atoms with E-state index < -0.39 is 0 Å². The first-order chi connectivity index (χ1) is 8.31. The number of amidine groups is 1. The number of carbonyl (C=O) groups excluding carboxylic acids is 1. The Morgan fingerprint density at radius 1 is 1.41 bits per heavy atom. The third kappa shape index (κ3) is 3.08. The number of nitrogens with zero attached hydrogens (tertiary/aromatic N) is 1. The van der Waals surface area contributed by atoms with Crippen LogP contribution >= 0.6 is 11.8 Å². The highest BCUT2D eigenvalue weighted by molar-refractivity contribution is 8.15. The van der Waals surface area contributed by atoms with E-state index in [0.717, 1.165) is 5.56 Å². The normalized spacial score (nSPS) is 21.8. The van der Waals surface area contributed by atoms with E-state index in [9.17, 15) is 4.79 Å². The minimum atomic E-state index is -0.183. The summed E-state index contributed by atoms with van der Waals surface area (Å²) in [6, 6.07) is 9.71. The summed E-state index contributed by atoms with van der Waals surface area (Å²) in [4.78, 5) is 16.0. The smallest absolute Gasteiger partial charge is 0.244 e. The zero-order chi connectivity index (χ0) is 12.1. The van der Waals surface area contributed by atoms with Gasteiger partial charge in [-0.2, -0.15) is 0 Å². The molecule has 1 atom stereocenters. The lowest BCUT2D eigenvalue weighted by Gasteiger charge is -2.03. The molecule has 1 aromatic carbocycles. The summed E-state index contributed by atoms with van der Waals surface area (Å²) in [5.41, 5.74) is 1.01. The predicted octanol–water partition coefficient (Wildman–Crippen LogP) is 1.59. The van der Waals surface area contributed by atoms with Crippen LogP contribution in [0.2, 0.25) is 0 Å². The van der Waals surface area contributed by atoms with Crippen molar-refractivity contribution in [1.82, 2.24) is 5.32 Å². The summed E-state index contributed by atoms with van der Waals surface area (Å²) in [6.45, 7) is 1.14. The van der Waals surface area contributed by atoms with Crippen LogP contribution in [0.25, 0.3) is 0 Å². The van der Waals surface area contributed by atoms with Gasteiger partial charge in [-0.25, -0.2) is 0 Å². The molecule has 1 saturated heterocycles. The number of rotatable bonds is 4. The van der Waals surface area contributed by atoms with Crippen LogP contribution in [0.4, 0.5) is 0 Å². The van der Waals surface area contributed by atoms with E-state index in [-0.39, 0.29) is 11.2 Å². The second-order valence-electron chi connectivity index (χ2n) is 3.58. The molecule has 17 heavy (non-hydrogen) atoms. The van der Waals surface area contributed by atoms with Gasteiger partial charge >= 0.3 is 0 Å². The first-order valence-corrected chi connectivity index (χ1v) is 6.25. The SMILES string of the molecule is COCCN=C1NC(=O)C(c2ccccc2)S1. The maximum atomic E-state index is 11.8. The highest BCUT2D eigenvalue weighted by Crippen LogP contribution is 2.33. The highest BCUT2D eigenvalue weighted by atomic mass is 32.2. The summed E-state index contributed by atoms with van der Waals surface area (Å²) in [5, 5.41) is 3.28. The molecule has 0 saturated carbocycles. The van der Waals surface area contributed by atoms with Crippen LogP contribution < -0.4 is 5.32 Å². The van der Waals surface area contributed by atoms with Crippen LogP contribution in [-0.4, -0.2) is 31.3 Å². The zero-order valence-corrected chi connectivity index (χ0v) is 10.4. The molecule has 0 spiro atoms. The Bertz CT molecular complexity index is 420. The summed E-state index contributed by atoms with van der Waals surface area (Å²) in [6.07, 6.45) is 0. The largest absolute Gasteiger partial charge is 0.383 e. The number of aliphatic imine (C=N–C) groups is 1. The van der Waals surface area contributed by atoms with Crippen molar-refractivity contribution in [3.05, 3.63) is 35.9 Å². The third-order valence-corrected chi connectivity index (χ3v) is 3.53. The van der Waals surface area contributed by atoms with Crippen LogP contribution in [-0.2, 0) is 9.53 Å². The van der Waals surface area contributed by atoms with Gasteiger partial charge in [0.2, 0.25) is 5.91 Å². The molecule has 0 aliphatic carbocycles. The molecule has 90 valence electrons. The zero-order valence-electron chi connectivity index (χ0n) is 9.55. The molecule has 1 heterocycles. The first kappa shape index (κ1) is 12.1. The number of benzene rings is 1. The van der Waals surface area contributed by atoms with E-state index >= 15 is 0 Å². The van der Waals surface area contributed by atoms with Crippen molar-refractivity contribution < 1.29 is 9.53 Å². The van der Waals surface area contributed by atoms with Crippen molar-refractivity contribution in [2.45, 2.75) is 5.25 Å². The fourth-order valence-electron chi connectivity index (χ4n) is 1.53. The Morgan fingerprint density at radius 2 is 2.18 bits per heavy atom. The summed E-state index contributed by atoms with van der Waals surface area (Å²) in [7, 11) is 1.63. The lowest BCUT2D eigenvalue weighted by atomic mass is 10.1. The van der Waals surface area contributed by atoms with Crippen molar-refractivity contribution in [3.8, 4) is 0 Å². The van der Waals surface area contributed by atoms with Gasteiger partial charge in [0, 0.05) is 7.11 Å². The van der Waals surface area contributed by atoms with Crippen molar-refractivity contribution >= 4 is 22.8 Å². The van der Waals surface area contributed by atoms with Gasteiger partial charge in [0.25, 0.3) is 0 Å². The molecule has 5 heteroatoms. The van der Waals surface area contributed by atoms with Gasteiger partial charge in [-0.05, 0) is 5.56 Å². The fraction of sp³-hybridized carbons (Fsp3) is 0.333. The molecular formula is C12H14N2O2S. The Kier molecular flexibility index (Phi) is 4.17. The quantitative estimate of drug-likeness (QED) is 0.826. The van der Waals surface area contributed by atoms with E-state index in [1.54, 1.807) is 7.11 Å². The summed E-state index contributed by atoms with van der Waals surface area (Å²) >= 11 is 1.46. The fourth-order valence-corrected chi connectivity index (χ4v) is 2.54. The van der Waals surface area contributed by atoms with Crippen LogP contribution in [0.5, 0.6) is 0 Å². The molecule has 1 aliphatic heterocycles. The standard InChI is InChI=1S/C12H14N2O2S/c1-16-8-7-13-12-14-11(15)10(17-12)9-5-3-2-4-6-9/h2-6,10H,7-8H2,1H3,(H,13,14,15). The van der Waals surface area contributed by atoms with Gasteiger partial charge in [0.1, 0.15) is 5.25 Å². The Labute approximate surface area is 104 Å². The molecular weight excluding hydrogens is 236 g/mol. The van der Waals surface area contributed by atoms with E-state index in [4.69, 9.17) is 4.74 Å². The average molecular weight is 250 g/mol. The number of thioether (sulfide) groups is 1. The Hall–Kier alpha value is -1.33. The van der Waals surface area contributed by atoms with Gasteiger partial charge in [0.15, 0.2) is 5.17 Å². The Balaban J connectivity index is 2.03. The van der Waals surface area contributed by atoms with Gasteiger partial charge in [0.05, 0.1) is 13.2 Å². The second-order valence-corrected chi connectivity index (χ2v) is 4.67. The minimum absolute atomic E-state index is 0.00244. The number of carbonyl (C=O) groups is 1. The van der Waals surface area contributed by atoms with Crippen LogP contribution in [0.15, 0.2) is 35.3 Å². The summed E-state index contributed by atoms with van der Waals surface area (Å²) in [5.74, 6) is -0.00244. The molecule has 1 N–H and O–H groups in total. The first-order valence-electron chi connectivity index (χ1n) is 5.37. The minimum Gasteiger partial charge on any atom is -0.383 e. The molecule has 0 aromatic heterocycles. The van der Waals surface area contributed by atoms with Crippen molar-refractivity contribution in [1.29, 1.82) is 0 Å². The molecule has 1 aliphatic rings. The third-order valence-electron chi connectivity index (χ3n) is 2.35. The highest BCUT2D eigenvalue weighted by Gasteiger charge is 2.31. The van der Waals surface area contributed by atoms with E-state index in [1.165, 1.54) is 11.8 Å². The van der Waals surface area contributed by atoms with E-state index in [0.29, 0.717) is 18.3 Å². The van der Waals surface area contributed by atoms with Gasteiger partial charge in [-0.1, -0.05) is 42.1 Å². The predicted molar refractivity (Wildman–Crippen MR) is 69.1 cm³/mol. The number of hydrogen-bond acceptors (Lipinski definition) is 4. The second kappa shape index (κ2) is 5.84. The molecule has 1 amide bonds. The lowest BCUT2D eigenvalue weighted by molar-refractivity contribution is -0.118. The molecule has 4 nitrogen and oxygen atoms in total. The number of amides is 1. The van der Waals surface area contributed by atoms with E-state index in [1.807, 2.05) is 30.3 Å². The van der Waals surface area contributed by atoms with Crippen LogP contribution in [0, 0.1) is 0 Å². The van der Waals surface area contributed by atoms with Crippen LogP contribution in [0.1, 0.15) is 10.8 Å². The number of methoxy groups -OCH3 is 1. The molecule has 1 unspecified atom stereocenters. The van der Waals surface area contributed by atoms with E-state index in [2.05, 4.69) is 10.3 Å². The Morgan fingerprint density at radius 3 is 2.88 bits per heavy atom. The van der Waals surface area contributed by atoms with Gasteiger partial charge in [-0.3, -0.25) is 9.79 Å². The van der Waals surface area contributed by atoms with Gasteiger partial charge < -0.3 is 10.1 Å². The van der Waals surface area contributed by atoms with Crippen molar-refractivity contribution in [2.75, 3.05) is 20.3 Å². The maximum absolute atomic E-state index is 11.8.